The second-order valence-electron chi connectivity index (χ2n) is 4.21. The van der Waals surface area contributed by atoms with Crippen LogP contribution < -0.4 is 0 Å². The van der Waals surface area contributed by atoms with Crippen molar-refractivity contribution in [2.45, 2.75) is 46.1 Å². The van der Waals surface area contributed by atoms with E-state index in [1.165, 1.54) is 12.8 Å². The SMILES string of the molecule is CCC(=O)C(C)N1CCC(C)CC1. The number of piperidine rings is 1. The average Bonchev–Trinajstić information content (AvgIpc) is 2.17. The van der Waals surface area contributed by atoms with Crippen LogP contribution in [0, 0.1) is 5.92 Å². The molecule has 2 nitrogen and oxygen atoms in total. The summed E-state index contributed by atoms with van der Waals surface area (Å²) in [6.07, 6.45) is 3.18. The second kappa shape index (κ2) is 4.75. The van der Waals surface area contributed by atoms with Crippen LogP contribution in [0.25, 0.3) is 0 Å². The Morgan fingerprint density at radius 2 is 2.00 bits per heavy atom. The van der Waals surface area contributed by atoms with E-state index >= 15 is 0 Å². The summed E-state index contributed by atoms with van der Waals surface area (Å²) in [6, 6.07) is 0.150. The fraction of sp³-hybridized carbons (Fsp3) is 0.909. The molecule has 0 aromatic rings. The number of rotatable bonds is 3. The maximum atomic E-state index is 11.5. The molecule has 1 saturated heterocycles. The number of likely N-dealkylation sites (tertiary alicyclic amines) is 1. The Hall–Kier alpha value is -0.370. The van der Waals surface area contributed by atoms with Crippen LogP contribution in [0.3, 0.4) is 0 Å². The fourth-order valence-electron chi connectivity index (χ4n) is 1.91. The molecule has 0 aliphatic carbocycles. The first-order valence-corrected chi connectivity index (χ1v) is 5.42. The van der Waals surface area contributed by atoms with Crippen LogP contribution in [0.5, 0.6) is 0 Å². The molecule has 1 unspecified atom stereocenters. The van der Waals surface area contributed by atoms with Crippen molar-refractivity contribution in [2.24, 2.45) is 5.92 Å². The largest absolute Gasteiger partial charge is 0.298 e. The molecule has 0 aromatic heterocycles. The number of hydrogen-bond acceptors (Lipinski definition) is 2. The summed E-state index contributed by atoms with van der Waals surface area (Å²) in [6.45, 7) is 8.50. The zero-order valence-electron chi connectivity index (χ0n) is 9.05. The Morgan fingerprint density at radius 3 is 2.46 bits per heavy atom. The van der Waals surface area contributed by atoms with Gasteiger partial charge in [-0.25, -0.2) is 0 Å². The first kappa shape index (κ1) is 10.7. The normalized spacial score (nSPS) is 23.0. The van der Waals surface area contributed by atoms with Gasteiger partial charge in [0.1, 0.15) is 5.78 Å². The van der Waals surface area contributed by atoms with Crippen molar-refractivity contribution in [1.82, 2.24) is 4.90 Å². The molecule has 2 heteroatoms. The van der Waals surface area contributed by atoms with E-state index in [1.807, 2.05) is 13.8 Å². The summed E-state index contributed by atoms with van der Waals surface area (Å²) in [5.41, 5.74) is 0. The third kappa shape index (κ3) is 2.80. The molecule has 0 radical (unpaired) electrons. The number of nitrogens with zero attached hydrogens (tertiary/aromatic N) is 1. The van der Waals surface area contributed by atoms with Crippen LogP contribution in [-0.2, 0) is 4.79 Å². The third-order valence-corrected chi connectivity index (χ3v) is 3.18. The minimum atomic E-state index is 0.150. The van der Waals surface area contributed by atoms with Gasteiger partial charge in [-0.05, 0) is 38.8 Å². The van der Waals surface area contributed by atoms with Crippen LogP contribution in [-0.4, -0.2) is 29.8 Å². The van der Waals surface area contributed by atoms with Gasteiger partial charge in [-0.3, -0.25) is 9.69 Å². The first-order valence-electron chi connectivity index (χ1n) is 5.42. The number of hydrogen-bond donors (Lipinski definition) is 0. The lowest BCUT2D eigenvalue weighted by Gasteiger charge is -2.34. The lowest BCUT2D eigenvalue weighted by Crippen LogP contribution is -2.43. The number of carbonyl (C=O) groups is 1. The van der Waals surface area contributed by atoms with Crippen LogP contribution in [0.1, 0.15) is 40.0 Å². The van der Waals surface area contributed by atoms with Gasteiger partial charge in [0.15, 0.2) is 0 Å². The maximum Gasteiger partial charge on any atom is 0.149 e. The summed E-state index contributed by atoms with van der Waals surface area (Å²) < 4.78 is 0. The Kier molecular flexibility index (Phi) is 3.91. The van der Waals surface area contributed by atoms with Gasteiger partial charge in [0.2, 0.25) is 0 Å². The summed E-state index contributed by atoms with van der Waals surface area (Å²) in [5.74, 6) is 1.23. The predicted octanol–water partition coefficient (Wildman–Crippen LogP) is 2.09. The third-order valence-electron chi connectivity index (χ3n) is 3.18. The highest BCUT2D eigenvalue weighted by atomic mass is 16.1. The smallest absolute Gasteiger partial charge is 0.149 e. The van der Waals surface area contributed by atoms with Gasteiger partial charge in [0, 0.05) is 6.42 Å². The molecular formula is C11H21NO. The average molecular weight is 183 g/mol. The summed E-state index contributed by atoms with van der Waals surface area (Å²) >= 11 is 0. The number of carbonyl (C=O) groups excluding carboxylic acids is 1. The highest BCUT2D eigenvalue weighted by molar-refractivity contribution is 5.83. The quantitative estimate of drug-likeness (QED) is 0.667. The molecule has 1 aliphatic rings. The molecular weight excluding hydrogens is 162 g/mol. The molecule has 13 heavy (non-hydrogen) atoms. The van der Waals surface area contributed by atoms with Crippen molar-refractivity contribution in [3.05, 3.63) is 0 Å². The topological polar surface area (TPSA) is 20.3 Å². The number of ketones is 1. The van der Waals surface area contributed by atoms with Crippen molar-refractivity contribution < 1.29 is 4.79 Å². The molecule has 0 bridgehead atoms. The van der Waals surface area contributed by atoms with Gasteiger partial charge in [0.05, 0.1) is 6.04 Å². The van der Waals surface area contributed by atoms with E-state index in [0.29, 0.717) is 12.2 Å². The summed E-state index contributed by atoms with van der Waals surface area (Å²) in [5, 5.41) is 0. The molecule has 0 saturated carbocycles. The molecule has 1 atom stereocenters. The fourth-order valence-corrected chi connectivity index (χ4v) is 1.91. The lowest BCUT2D eigenvalue weighted by atomic mass is 9.97. The van der Waals surface area contributed by atoms with E-state index < -0.39 is 0 Å². The highest BCUT2D eigenvalue weighted by Gasteiger charge is 2.23. The van der Waals surface area contributed by atoms with Crippen LogP contribution in [0.4, 0.5) is 0 Å². The monoisotopic (exact) mass is 183 g/mol. The van der Waals surface area contributed by atoms with Crippen molar-refractivity contribution in [2.75, 3.05) is 13.1 Å². The lowest BCUT2D eigenvalue weighted by molar-refractivity contribution is -0.123. The molecule has 0 spiro atoms. The summed E-state index contributed by atoms with van der Waals surface area (Å²) in [4.78, 5) is 13.8. The van der Waals surface area contributed by atoms with Gasteiger partial charge < -0.3 is 0 Å². The zero-order chi connectivity index (χ0) is 9.84. The van der Waals surface area contributed by atoms with Crippen LogP contribution in [0.15, 0.2) is 0 Å². The maximum absolute atomic E-state index is 11.5. The van der Waals surface area contributed by atoms with E-state index in [1.54, 1.807) is 0 Å². The second-order valence-corrected chi connectivity index (χ2v) is 4.21. The van der Waals surface area contributed by atoms with Crippen molar-refractivity contribution >= 4 is 5.78 Å². The molecule has 76 valence electrons. The van der Waals surface area contributed by atoms with Gasteiger partial charge in [-0.1, -0.05) is 13.8 Å². The zero-order valence-corrected chi connectivity index (χ0v) is 9.05. The van der Waals surface area contributed by atoms with E-state index in [4.69, 9.17) is 0 Å². The molecule has 1 fully saturated rings. The Balaban J connectivity index is 2.39. The van der Waals surface area contributed by atoms with Gasteiger partial charge >= 0.3 is 0 Å². The van der Waals surface area contributed by atoms with Crippen LogP contribution in [0.2, 0.25) is 0 Å². The standard InChI is InChI=1S/C11H21NO/c1-4-11(13)10(3)12-7-5-9(2)6-8-12/h9-10H,4-8H2,1-3H3. The van der Waals surface area contributed by atoms with E-state index in [2.05, 4.69) is 11.8 Å². The molecule has 1 rings (SSSR count). The van der Waals surface area contributed by atoms with Gasteiger partial charge in [-0.15, -0.1) is 0 Å². The summed E-state index contributed by atoms with van der Waals surface area (Å²) in [7, 11) is 0. The Morgan fingerprint density at radius 1 is 1.46 bits per heavy atom. The van der Waals surface area contributed by atoms with Crippen LogP contribution >= 0.6 is 0 Å². The van der Waals surface area contributed by atoms with Gasteiger partial charge in [0.25, 0.3) is 0 Å². The first-order chi connectivity index (χ1) is 6.15. The molecule has 0 aromatic carbocycles. The Labute approximate surface area is 81.3 Å². The van der Waals surface area contributed by atoms with Crippen molar-refractivity contribution in [3.8, 4) is 0 Å². The molecule has 0 amide bonds. The van der Waals surface area contributed by atoms with E-state index in [9.17, 15) is 4.79 Å². The highest BCUT2D eigenvalue weighted by Crippen LogP contribution is 2.18. The minimum Gasteiger partial charge on any atom is -0.298 e. The van der Waals surface area contributed by atoms with E-state index in [-0.39, 0.29) is 6.04 Å². The molecule has 1 aliphatic heterocycles. The van der Waals surface area contributed by atoms with Crippen molar-refractivity contribution in [3.63, 3.8) is 0 Å². The molecule has 1 heterocycles. The van der Waals surface area contributed by atoms with Gasteiger partial charge in [-0.2, -0.15) is 0 Å². The van der Waals surface area contributed by atoms with E-state index in [0.717, 1.165) is 19.0 Å². The minimum absolute atomic E-state index is 0.150. The van der Waals surface area contributed by atoms with Crippen molar-refractivity contribution in [1.29, 1.82) is 0 Å². The Bertz CT molecular complexity index is 171. The molecule has 0 N–H and O–H groups in total. The predicted molar refractivity (Wildman–Crippen MR) is 54.7 cm³/mol. The number of Topliss-reactive ketones (excluding diaryl/α,β-unsaturated/α-hetero) is 1.